The number of nitrogens with two attached hydrogens (primary N) is 1. The lowest BCUT2D eigenvalue weighted by atomic mass is 9.74. The molecule has 1 fully saturated rings. The van der Waals surface area contributed by atoms with Gasteiger partial charge in [-0.05, 0) is 31.0 Å². The molecule has 0 spiro atoms. The molecule has 0 bridgehead atoms. The Morgan fingerprint density at radius 2 is 1.94 bits per heavy atom. The summed E-state index contributed by atoms with van der Waals surface area (Å²) < 4.78 is 16.2. The fourth-order valence-electron chi connectivity index (χ4n) is 2.57. The van der Waals surface area contributed by atoms with Gasteiger partial charge in [0.05, 0.1) is 14.2 Å². The predicted molar refractivity (Wildman–Crippen MR) is 70.3 cm³/mol. The van der Waals surface area contributed by atoms with Gasteiger partial charge in [-0.25, -0.2) is 0 Å². The summed E-state index contributed by atoms with van der Waals surface area (Å²) in [5.74, 6) is 1.72. The van der Waals surface area contributed by atoms with Crippen LogP contribution in [0, 0.1) is 0 Å². The zero-order valence-electron chi connectivity index (χ0n) is 11.1. The van der Waals surface area contributed by atoms with Gasteiger partial charge >= 0.3 is 0 Å². The molecule has 0 radical (unpaired) electrons. The Kier molecular flexibility index (Phi) is 4.09. The summed E-state index contributed by atoms with van der Waals surface area (Å²) in [6.07, 6.45) is 1.85. The lowest BCUT2D eigenvalue weighted by Gasteiger charge is -2.37. The molecule has 18 heavy (non-hydrogen) atoms. The van der Waals surface area contributed by atoms with Crippen molar-refractivity contribution in [1.82, 2.24) is 0 Å². The summed E-state index contributed by atoms with van der Waals surface area (Å²) in [6.45, 7) is 2.09. The summed E-state index contributed by atoms with van der Waals surface area (Å²) in [7, 11) is 3.36. The van der Waals surface area contributed by atoms with E-state index in [0.717, 1.165) is 43.1 Å². The minimum absolute atomic E-state index is 0.0574. The molecule has 1 heterocycles. The van der Waals surface area contributed by atoms with Crippen molar-refractivity contribution in [2.45, 2.75) is 18.3 Å². The molecular weight excluding hydrogens is 230 g/mol. The quantitative estimate of drug-likeness (QED) is 0.885. The number of hydrogen-bond donors (Lipinski definition) is 1. The van der Waals surface area contributed by atoms with Crippen molar-refractivity contribution in [2.75, 3.05) is 34.0 Å². The fraction of sp³-hybridized carbons (Fsp3) is 0.571. The van der Waals surface area contributed by atoms with Crippen LogP contribution in [-0.4, -0.2) is 34.0 Å². The molecule has 0 atom stereocenters. The number of hydrogen-bond acceptors (Lipinski definition) is 4. The van der Waals surface area contributed by atoms with Gasteiger partial charge in [-0.15, -0.1) is 0 Å². The summed E-state index contributed by atoms with van der Waals surface area (Å²) in [6, 6.07) is 5.89. The van der Waals surface area contributed by atoms with E-state index in [1.165, 1.54) is 0 Å². The first kappa shape index (κ1) is 13.2. The van der Waals surface area contributed by atoms with E-state index in [9.17, 15) is 0 Å². The maximum absolute atomic E-state index is 6.03. The van der Waals surface area contributed by atoms with Gasteiger partial charge in [-0.1, -0.05) is 0 Å². The van der Waals surface area contributed by atoms with Crippen LogP contribution in [0.2, 0.25) is 0 Å². The molecule has 1 aliphatic rings. The molecule has 0 saturated carbocycles. The third-order valence-corrected chi connectivity index (χ3v) is 3.82. The first-order valence-electron chi connectivity index (χ1n) is 6.26. The number of rotatable bonds is 4. The van der Waals surface area contributed by atoms with Gasteiger partial charge in [-0.3, -0.25) is 0 Å². The normalized spacial score (nSPS) is 18.4. The Labute approximate surface area is 108 Å². The van der Waals surface area contributed by atoms with Gasteiger partial charge in [-0.2, -0.15) is 0 Å². The second kappa shape index (κ2) is 5.59. The molecule has 2 N–H and O–H groups in total. The first-order chi connectivity index (χ1) is 8.75. The highest BCUT2D eigenvalue weighted by atomic mass is 16.5. The second-order valence-corrected chi connectivity index (χ2v) is 4.66. The van der Waals surface area contributed by atoms with E-state index >= 15 is 0 Å². The van der Waals surface area contributed by atoms with Crippen LogP contribution in [0.25, 0.3) is 0 Å². The maximum Gasteiger partial charge on any atom is 0.122 e. The standard InChI is InChI=1S/C14H21NO3/c1-16-11-3-4-13(17-2)12(9-11)14(10-15)5-7-18-8-6-14/h3-4,9H,5-8,10,15H2,1-2H3. The lowest BCUT2D eigenvalue weighted by Crippen LogP contribution is -2.40. The lowest BCUT2D eigenvalue weighted by molar-refractivity contribution is 0.0520. The number of benzene rings is 1. The average Bonchev–Trinajstić information content (AvgIpc) is 2.47. The zero-order chi connectivity index (χ0) is 13.0. The van der Waals surface area contributed by atoms with Gasteiger partial charge in [0, 0.05) is 30.7 Å². The Balaban J connectivity index is 2.44. The van der Waals surface area contributed by atoms with Crippen LogP contribution in [0.1, 0.15) is 18.4 Å². The van der Waals surface area contributed by atoms with Gasteiger partial charge in [0.15, 0.2) is 0 Å². The molecule has 1 aliphatic heterocycles. The fourth-order valence-corrected chi connectivity index (χ4v) is 2.57. The van der Waals surface area contributed by atoms with Crippen LogP contribution in [0.4, 0.5) is 0 Å². The monoisotopic (exact) mass is 251 g/mol. The van der Waals surface area contributed by atoms with E-state index < -0.39 is 0 Å². The molecule has 4 nitrogen and oxygen atoms in total. The predicted octanol–water partition coefficient (Wildman–Crippen LogP) is 1.71. The van der Waals surface area contributed by atoms with Crippen molar-refractivity contribution >= 4 is 0 Å². The molecule has 100 valence electrons. The Hall–Kier alpha value is -1.26. The third kappa shape index (κ3) is 2.31. The number of ether oxygens (including phenoxy) is 3. The molecule has 0 aliphatic carbocycles. The minimum atomic E-state index is -0.0574. The summed E-state index contributed by atoms with van der Waals surface area (Å²) in [5.41, 5.74) is 7.11. The summed E-state index contributed by atoms with van der Waals surface area (Å²) in [5, 5.41) is 0. The minimum Gasteiger partial charge on any atom is -0.497 e. The van der Waals surface area contributed by atoms with Crippen LogP contribution in [-0.2, 0) is 10.2 Å². The summed E-state index contributed by atoms with van der Waals surface area (Å²) >= 11 is 0. The Bertz CT molecular complexity index is 400. The van der Waals surface area contributed by atoms with E-state index in [1.54, 1.807) is 14.2 Å². The largest absolute Gasteiger partial charge is 0.497 e. The Morgan fingerprint density at radius 1 is 1.22 bits per heavy atom. The van der Waals surface area contributed by atoms with Crippen molar-refractivity contribution in [1.29, 1.82) is 0 Å². The molecule has 0 amide bonds. The van der Waals surface area contributed by atoms with Crippen molar-refractivity contribution in [2.24, 2.45) is 5.73 Å². The van der Waals surface area contributed by atoms with E-state index in [-0.39, 0.29) is 5.41 Å². The highest BCUT2D eigenvalue weighted by Gasteiger charge is 2.35. The molecule has 0 unspecified atom stereocenters. The molecule has 1 aromatic carbocycles. The zero-order valence-corrected chi connectivity index (χ0v) is 11.1. The van der Waals surface area contributed by atoms with Gasteiger partial charge < -0.3 is 19.9 Å². The molecular formula is C14H21NO3. The molecule has 1 aromatic rings. The van der Waals surface area contributed by atoms with Crippen molar-refractivity contribution in [3.63, 3.8) is 0 Å². The van der Waals surface area contributed by atoms with E-state index in [4.69, 9.17) is 19.9 Å². The van der Waals surface area contributed by atoms with Gasteiger partial charge in [0.1, 0.15) is 11.5 Å². The van der Waals surface area contributed by atoms with Crippen LogP contribution in [0.3, 0.4) is 0 Å². The summed E-state index contributed by atoms with van der Waals surface area (Å²) in [4.78, 5) is 0. The van der Waals surface area contributed by atoms with Crippen LogP contribution < -0.4 is 15.2 Å². The van der Waals surface area contributed by atoms with Crippen molar-refractivity contribution < 1.29 is 14.2 Å². The Morgan fingerprint density at radius 3 is 2.50 bits per heavy atom. The van der Waals surface area contributed by atoms with Crippen LogP contribution in [0.5, 0.6) is 11.5 Å². The first-order valence-corrected chi connectivity index (χ1v) is 6.26. The van der Waals surface area contributed by atoms with E-state index in [1.807, 2.05) is 18.2 Å². The van der Waals surface area contributed by atoms with Gasteiger partial charge in [0.2, 0.25) is 0 Å². The van der Waals surface area contributed by atoms with Crippen molar-refractivity contribution in [3.05, 3.63) is 23.8 Å². The van der Waals surface area contributed by atoms with E-state index in [2.05, 4.69) is 0 Å². The SMILES string of the molecule is COc1ccc(OC)c(C2(CN)CCOCC2)c1. The van der Waals surface area contributed by atoms with Gasteiger partial charge in [0.25, 0.3) is 0 Å². The second-order valence-electron chi connectivity index (χ2n) is 4.66. The topological polar surface area (TPSA) is 53.7 Å². The van der Waals surface area contributed by atoms with Crippen LogP contribution >= 0.6 is 0 Å². The smallest absolute Gasteiger partial charge is 0.122 e. The number of methoxy groups -OCH3 is 2. The molecule has 2 rings (SSSR count). The highest BCUT2D eigenvalue weighted by molar-refractivity contribution is 5.45. The molecule has 0 aromatic heterocycles. The van der Waals surface area contributed by atoms with Crippen molar-refractivity contribution in [3.8, 4) is 11.5 Å². The highest BCUT2D eigenvalue weighted by Crippen LogP contribution is 2.40. The maximum atomic E-state index is 6.03. The van der Waals surface area contributed by atoms with E-state index in [0.29, 0.717) is 6.54 Å². The van der Waals surface area contributed by atoms with Crippen LogP contribution in [0.15, 0.2) is 18.2 Å². The molecule has 4 heteroatoms. The molecule has 1 saturated heterocycles. The third-order valence-electron chi connectivity index (χ3n) is 3.82. The average molecular weight is 251 g/mol.